The number of piperidine rings is 1. The molecule has 0 aliphatic carbocycles. The van der Waals surface area contributed by atoms with E-state index in [9.17, 15) is 4.79 Å². The van der Waals surface area contributed by atoms with Gasteiger partial charge in [0.05, 0.1) is 25.4 Å². The van der Waals surface area contributed by atoms with Gasteiger partial charge in [0.2, 0.25) is 0 Å². The van der Waals surface area contributed by atoms with E-state index in [1.807, 2.05) is 59.0 Å². The molecule has 0 spiro atoms. The highest BCUT2D eigenvalue weighted by atomic mass is 16.5. The predicted octanol–water partition coefficient (Wildman–Crippen LogP) is 4.92. The third-order valence-electron chi connectivity index (χ3n) is 5.88. The van der Waals surface area contributed by atoms with Gasteiger partial charge >= 0.3 is 0 Å². The van der Waals surface area contributed by atoms with Crippen molar-refractivity contribution in [3.8, 4) is 5.75 Å². The number of rotatable bonds is 5. The van der Waals surface area contributed by atoms with Crippen molar-refractivity contribution in [1.29, 1.82) is 0 Å². The molecule has 156 valence electrons. The molecule has 2 aromatic carbocycles. The summed E-state index contributed by atoms with van der Waals surface area (Å²) >= 11 is 0. The second kappa shape index (κ2) is 8.74. The number of likely N-dealkylation sites (tertiary alicyclic amines) is 1. The largest absolute Gasteiger partial charge is 0.497 e. The van der Waals surface area contributed by atoms with Crippen molar-refractivity contribution in [2.24, 2.45) is 0 Å². The highest BCUT2D eigenvalue weighted by Crippen LogP contribution is 2.33. The molecule has 0 radical (unpaired) electrons. The van der Waals surface area contributed by atoms with Gasteiger partial charge in [-0.05, 0) is 74.6 Å². The van der Waals surface area contributed by atoms with Crippen LogP contribution in [-0.4, -0.2) is 34.2 Å². The smallest absolute Gasteiger partial charge is 0.254 e. The van der Waals surface area contributed by atoms with Gasteiger partial charge in [-0.25, -0.2) is 0 Å². The summed E-state index contributed by atoms with van der Waals surface area (Å²) in [5.74, 6) is 0.930. The van der Waals surface area contributed by atoms with Gasteiger partial charge in [0, 0.05) is 17.8 Å². The lowest BCUT2D eigenvalue weighted by molar-refractivity contribution is 0.0611. The van der Waals surface area contributed by atoms with Gasteiger partial charge < -0.3 is 9.64 Å². The fourth-order valence-electron chi connectivity index (χ4n) is 4.30. The van der Waals surface area contributed by atoms with Gasteiger partial charge in [-0.15, -0.1) is 0 Å². The van der Waals surface area contributed by atoms with E-state index in [1.54, 1.807) is 7.11 Å². The Labute approximate surface area is 178 Å². The maximum atomic E-state index is 13.3. The van der Waals surface area contributed by atoms with E-state index < -0.39 is 0 Å². The second-order valence-electron chi connectivity index (χ2n) is 8.07. The number of carbonyl (C=O) groups excluding carboxylic acids is 1. The number of hydrogen-bond acceptors (Lipinski definition) is 3. The molecule has 1 fully saturated rings. The monoisotopic (exact) mass is 403 g/mol. The average molecular weight is 404 g/mol. The molecule has 2 heterocycles. The fraction of sp³-hybridized carbons (Fsp3) is 0.360. The van der Waals surface area contributed by atoms with Crippen LogP contribution in [0.25, 0.3) is 0 Å². The van der Waals surface area contributed by atoms with E-state index in [-0.39, 0.29) is 11.9 Å². The molecule has 3 aromatic rings. The molecule has 1 atom stereocenters. The quantitative estimate of drug-likeness (QED) is 0.607. The number of aryl methyl sites for hydroxylation is 2. The Hall–Kier alpha value is -3.08. The Kier molecular flexibility index (Phi) is 5.88. The molecule has 0 N–H and O–H groups in total. The Morgan fingerprint density at radius 3 is 2.60 bits per heavy atom. The second-order valence-corrected chi connectivity index (χ2v) is 8.07. The number of nitrogens with zero attached hydrogens (tertiary/aromatic N) is 3. The van der Waals surface area contributed by atoms with Gasteiger partial charge in [0.1, 0.15) is 5.75 Å². The summed E-state index contributed by atoms with van der Waals surface area (Å²) in [4.78, 5) is 15.4. The van der Waals surface area contributed by atoms with Crippen molar-refractivity contribution >= 4 is 5.91 Å². The van der Waals surface area contributed by atoms with Gasteiger partial charge in [-0.2, -0.15) is 5.10 Å². The molecule has 1 saturated heterocycles. The maximum absolute atomic E-state index is 13.3. The molecule has 5 nitrogen and oxygen atoms in total. The first-order chi connectivity index (χ1) is 14.5. The molecular weight excluding hydrogens is 374 g/mol. The molecule has 30 heavy (non-hydrogen) atoms. The Morgan fingerprint density at radius 2 is 1.90 bits per heavy atom. The standard InChI is InChI=1S/C25H29N3O2/c1-18-15-19(2)28(26-18)17-20-10-12-21(13-11-20)25(29)27-14-5-4-9-24(27)22-7-6-8-23(16-22)30-3/h6-8,10-13,15-16,24H,4-5,9,14,17H2,1-3H3. The van der Waals surface area contributed by atoms with Crippen molar-refractivity contribution in [3.63, 3.8) is 0 Å². The van der Waals surface area contributed by atoms with E-state index >= 15 is 0 Å². The van der Waals surface area contributed by atoms with Crippen LogP contribution in [0.4, 0.5) is 0 Å². The normalized spacial score (nSPS) is 16.5. The lowest BCUT2D eigenvalue weighted by Crippen LogP contribution is -2.38. The third kappa shape index (κ3) is 4.25. The topological polar surface area (TPSA) is 47.4 Å². The molecule has 1 aromatic heterocycles. The zero-order valence-corrected chi connectivity index (χ0v) is 18.0. The number of carbonyl (C=O) groups is 1. The molecule has 1 aliphatic rings. The summed E-state index contributed by atoms with van der Waals surface area (Å²) in [7, 11) is 1.68. The molecule has 1 aliphatic heterocycles. The van der Waals surface area contributed by atoms with E-state index in [0.717, 1.165) is 59.6 Å². The Balaban J connectivity index is 1.52. The zero-order valence-electron chi connectivity index (χ0n) is 18.0. The van der Waals surface area contributed by atoms with Crippen LogP contribution in [-0.2, 0) is 6.54 Å². The Morgan fingerprint density at radius 1 is 1.10 bits per heavy atom. The van der Waals surface area contributed by atoms with Crippen molar-refractivity contribution in [1.82, 2.24) is 14.7 Å². The highest BCUT2D eigenvalue weighted by molar-refractivity contribution is 5.94. The van der Waals surface area contributed by atoms with Gasteiger partial charge in [-0.1, -0.05) is 24.3 Å². The third-order valence-corrected chi connectivity index (χ3v) is 5.88. The van der Waals surface area contributed by atoms with Crippen LogP contribution in [0.5, 0.6) is 5.75 Å². The summed E-state index contributed by atoms with van der Waals surface area (Å²) < 4.78 is 7.38. The highest BCUT2D eigenvalue weighted by Gasteiger charge is 2.28. The number of amides is 1. The number of benzene rings is 2. The lowest BCUT2D eigenvalue weighted by atomic mass is 9.94. The molecule has 5 heteroatoms. The minimum Gasteiger partial charge on any atom is -0.497 e. The van der Waals surface area contributed by atoms with E-state index in [0.29, 0.717) is 6.54 Å². The molecule has 0 bridgehead atoms. The van der Waals surface area contributed by atoms with Gasteiger partial charge in [0.15, 0.2) is 0 Å². The molecular formula is C25H29N3O2. The number of methoxy groups -OCH3 is 1. The van der Waals surface area contributed by atoms with Crippen molar-refractivity contribution in [3.05, 3.63) is 82.7 Å². The number of hydrogen-bond donors (Lipinski definition) is 0. The van der Waals surface area contributed by atoms with Crippen LogP contribution in [0.3, 0.4) is 0 Å². The summed E-state index contributed by atoms with van der Waals surface area (Å²) in [6.07, 6.45) is 3.16. The maximum Gasteiger partial charge on any atom is 0.254 e. The summed E-state index contributed by atoms with van der Waals surface area (Å²) in [5, 5.41) is 4.53. The van der Waals surface area contributed by atoms with E-state index in [2.05, 4.69) is 24.2 Å². The van der Waals surface area contributed by atoms with Crippen LogP contribution in [0.15, 0.2) is 54.6 Å². The van der Waals surface area contributed by atoms with Crippen LogP contribution < -0.4 is 4.74 Å². The average Bonchev–Trinajstić information content (AvgIpc) is 3.10. The summed E-state index contributed by atoms with van der Waals surface area (Å²) in [6.45, 7) is 5.56. The Bertz CT molecular complexity index is 1020. The van der Waals surface area contributed by atoms with Crippen molar-refractivity contribution < 1.29 is 9.53 Å². The van der Waals surface area contributed by atoms with Gasteiger partial charge in [0.25, 0.3) is 5.91 Å². The van der Waals surface area contributed by atoms with Gasteiger partial charge in [-0.3, -0.25) is 9.48 Å². The molecule has 1 amide bonds. The van der Waals surface area contributed by atoms with Crippen LogP contribution >= 0.6 is 0 Å². The van der Waals surface area contributed by atoms with Crippen LogP contribution in [0, 0.1) is 13.8 Å². The summed E-state index contributed by atoms with van der Waals surface area (Å²) in [5.41, 5.74) is 5.18. The van der Waals surface area contributed by atoms with Crippen LogP contribution in [0.1, 0.15) is 58.2 Å². The van der Waals surface area contributed by atoms with E-state index in [4.69, 9.17) is 4.74 Å². The summed E-state index contributed by atoms with van der Waals surface area (Å²) in [6, 6.07) is 18.2. The lowest BCUT2D eigenvalue weighted by Gasteiger charge is -2.36. The first-order valence-electron chi connectivity index (χ1n) is 10.6. The van der Waals surface area contributed by atoms with E-state index in [1.165, 1.54) is 0 Å². The molecule has 0 saturated carbocycles. The van der Waals surface area contributed by atoms with Crippen LogP contribution in [0.2, 0.25) is 0 Å². The first kappa shape index (κ1) is 20.2. The predicted molar refractivity (Wildman–Crippen MR) is 118 cm³/mol. The number of aromatic nitrogens is 2. The first-order valence-corrected chi connectivity index (χ1v) is 10.6. The minimum atomic E-state index is 0.0933. The minimum absolute atomic E-state index is 0.0933. The zero-order chi connectivity index (χ0) is 21.1. The van der Waals surface area contributed by atoms with Crippen molar-refractivity contribution in [2.75, 3.05) is 13.7 Å². The number of ether oxygens (including phenoxy) is 1. The fourth-order valence-corrected chi connectivity index (χ4v) is 4.30. The SMILES string of the molecule is COc1cccc(C2CCCCN2C(=O)c2ccc(Cn3nc(C)cc3C)cc2)c1. The molecule has 1 unspecified atom stereocenters. The van der Waals surface area contributed by atoms with Crippen molar-refractivity contribution in [2.45, 2.75) is 45.7 Å². The molecule has 4 rings (SSSR count).